The van der Waals surface area contributed by atoms with Crippen LogP contribution in [0.15, 0.2) is 16.0 Å². The molecule has 0 saturated heterocycles. The standard InChI is InChI=1S/C7H7N3OS/c1-5-4-6(11)10-7(9-5)12-3-2-8/h4H,3H2,1H3,(H,9,10,11). The highest BCUT2D eigenvalue weighted by atomic mass is 32.2. The van der Waals surface area contributed by atoms with E-state index in [-0.39, 0.29) is 5.56 Å². The first kappa shape index (κ1) is 8.81. The average Bonchev–Trinajstić information content (AvgIpc) is 1.99. The Hall–Kier alpha value is -1.28. The normalized spacial score (nSPS) is 9.33. The molecule has 0 bridgehead atoms. The predicted molar refractivity (Wildman–Crippen MR) is 45.9 cm³/mol. The summed E-state index contributed by atoms with van der Waals surface area (Å²) >= 11 is 1.22. The monoisotopic (exact) mass is 181 g/mol. The third-order valence-corrected chi connectivity index (χ3v) is 1.86. The van der Waals surface area contributed by atoms with E-state index in [1.54, 1.807) is 6.92 Å². The summed E-state index contributed by atoms with van der Waals surface area (Å²) in [6.07, 6.45) is 0. The topological polar surface area (TPSA) is 69.5 Å². The van der Waals surface area contributed by atoms with Crippen LogP contribution in [0.25, 0.3) is 0 Å². The van der Waals surface area contributed by atoms with Crippen molar-refractivity contribution in [3.05, 3.63) is 22.1 Å². The molecule has 62 valence electrons. The first-order chi connectivity index (χ1) is 5.72. The Balaban J connectivity index is 2.87. The maximum Gasteiger partial charge on any atom is 0.251 e. The molecule has 1 N–H and O–H groups in total. The average molecular weight is 181 g/mol. The van der Waals surface area contributed by atoms with E-state index >= 15 is 0 Å². The minimum Gasteiger partial charge on any atom is -0.301 e. The van der Waals surface area contributed by atoms with Gasteiger partial charge in [-0.3, -0.25) is 4.79 Å². The summed E-state index contributed by atoms with van der Waals surface area (Å²) in [6, 6.07) is 3.37. The van der Waals surface area contributed by atoms with Gasteiger partial charge in [0.2, 0.25) is 0 Å². The van der Waals surface area contributed by atoms with Crippen molar-refractivity contribution < 1.29 is 0 Å². The second-order valence-electron chi connectivity index (χ2n) is 2.14. The smallest absolute Gasteiger partial charge is 0.251 e. The van der Waals surface area contributed by atoms with Crippen LogP contribution in [0.4, 0.5) is 0 Å². The summed E-state index contributed by atoms with van der Waals surface area (Å²) in [6.45, 7) is 1.74. The van der Waals surface area contributed by atoms with Crippen LogP contribution in [0, 0.1) is 18.3 Å². The van der Waals surface area contributed by atoms with Gasteiger partial charge in [-0.1, -0.05) is 11.8 Å². The maximum atomic E-state index is 10.9. The van der Waals surface area contributed by atoms with Crippen LogP contribution < -0.4 is 5.56 Å². The molecule has 0 radical (unpaired) electrons. The van der Waals surface area contributed by atoms with Gasteiger partial charge in [-0.25, -0.2) is 4.98 Å². The Morgan fingerprint density at radius 1 is 1.83 bits per heavy atom. The maximum absolute atomic E-state index is 10.9. The fourth-order valence-corrected chi connectivity index (χ4v) is 1.30. The minimum atomic E-state index is -0.178. The van der Waals surface area contributed by atoms with Gasteiger partial charge in [-0.05, 0) is 6.92 Å². The number of aryl methyl sites for hydroxylation is 1. The molecule has 1 aromatic heterocycles. The van der Waals surface area contributed by atoms with Gasteiger partial charge >= 0.3 is 0 Å². The molecule has 1 aromatic rings. The zero-order valence-electron chi connectivity index (χ0n) is 6.50. The summed E-state index contributed by atoms with van der Waals surface area (Å²) < 4.78 is 0. The Labute approximate surface area is 73.6 Å². The van der Waals surface area contributed by atoms with E-state index < -0.39 is 0 Å². The lowest BCUT2D eigenvalue weighted by atomic mass is 10.5. The van der Waals surface area contributed by atoms with E-state index in [1.807, 2.05) is 6.07 Å². The van der Waals surface area contributed by atoms with Gasteiger partial charge in [0.05, 0.1) is 11.8 Å². The Kier molecular flexibility index (Phi) is 2.88. The third kappa shape index (κ3) is 2.40. The van der Waals surface area contributed by atoms with E-state index in [2.05, 4.69) is 9.97 Å². The van der Waals surface area contributed by atoms with Gasteiger partial charge in [0.1, 0.15) is 0 Å². The zero-order valence-corrected chi connectivity index (χ0v) is 7.31. The van der Waals surface area contributed by atoms with Gasteiger partial charge < -0.3 is 4.98 Å². The van der Waals surface area contributed by atoms with Gasteiger partial charge in [0, 0.05) is 11.8 Å². The number of hydrogen-bond donors (Lipinski definition) is 1. The fourth-order valence-electron chi connectivity index (χ4n) is 0.721. The van der Waals surface area contributed by atoms with Crippen molar-refractivity contribution in [1.29, 1.82) is 5.26 Å². The van der Waals surface area contributed by atoms with E-state index in [0.29, 0.717) is 16.6 Å². The van der Waals surface area contributed by atoms with E-state index in [1.165, 1.54) is 17.8 Å². The molecule has 0 amide bonds. The summed E-state index contributed by atoms with van der Waals surface area (Å²) in [5.41, 5.74) is 0.488. The highest BCUT2D eigenvalue weighted by Crippen LogP contribution is 2.08. The van der Waals surface area contributed by atoms with E-state index in [9.17, 15) is 4.79 Å². The lowest BCUT2D eigenvalue weighted by Crippen LogP contribution is -2.07. The molecule has 0 aliphatic carbocycles. The second kappa shape index (κ2) is 3.93. The fraction of sp³-hybridized carbons (Fsp3) is 0.286. The van der Waals surface area contributed by atoms with Crippen LogP contribution in [0.3, 0.4) is 0 Å². The van der Waals surface area contributed by atoms with Crippen molar-refractivity contribution in [1.82, 2.24) is 9.97 Å². The predicted octanol–water partition coefficient (Wildman–Crippen LogP) is 0.694. The molecule has 0 fully saturated rings. The number of thioether (sulfide) groups is 1. The van der Waals surface area contributed by atoms with Crippen LogP contribution >= 0.6 is 11.8 Å². The summed E-state index contributed by atoms with van der Waals surface area (Å²) in [4.78, 5) is 17.4. The molecular weight excluding hydrogens is 174 g/mol. The second-order valence-corrected chi connectivity index (χ2v) is 3.10. The summed E-state index contributed by atoms with van der Waals surface area (Å²) in [5, 5.41) is 8.78. The van der Waals surface area contributed by atoms with Crippen LogP contribution in [-0.2, 0) is 0 Å². The molecule has 0 aromatic carbocycles. The van der Waals surface area contributed by atoms with Crippen LogP contribution in [-0.4, -0.2) is 15.7 Å². The van der Waals surface area contributed by atoms with Crippen molar-refractivity contribution in [3.8, 4) is 6.07 Å². The van der Waals surface area contributed by atoms with Crippen molar-refractivity contribution >= 4 is 11.8 Å². The number of rotatable bonds is 2. The lowest BCUT2D eigenvalue weighted by molar-refractivity contribution is 0.907. The SMILES string of the molecule is Cc1cc(=O)[nH]c(SCC#N)n1. The first-order valence-electron chi connectivity index (χ1n) is 3.30. The molecular formula is C7H7N3OS. The lowest BCUT2D eigenvalue weighted by Gasteiger charge is -1.96. The molecule has 1 heterocycles. The quantitative estimate of drug-likeness (QED) is 0.538. The van der Waals surface area contributed by atoms with Crippen LogP contribution in [0.5, 0.6) is 0 Å². The summed E-state index contributed by atoms with van der Waals surface area (Å²) in [5.74, 6) is 0.298. The number of aromatic amines is 1. The highest BCUT2D eigenvalue weighted by Gasteiger charge is 1.97. The van der Waals surface area contributed by atoms with Crippen molar-refractivity contribution in [2.24, 2.45) is 0 Å². The number of nitrogens with zero attached hydrogens (tertiary/aromatic N) is 2. The van der Waals surface area contributed by atoms with Crippen LogP contribution in [0.1, 0.15) is 5.69 Å². The van der Waals surface area contributed by atoms with Crippen LogP contribution in [0.2, 0.25) is 0 Å². The Morgan fingerprint density at radius 3 is 3.17 bits per heavy atom. The number of nitriles is 1. The zero-order chi connectivity index (χ0) is 8.97. The van der Waals surface area contributed by atoms with Gasteiger partial charge in [0.25, 0.3) is 5.56 Å². The molecule has 12 heavy (non-hydrogen) atoms. The number of hydrogen-bond acceptors (Lipinski definition) is 4. The number of nitrogens with one attached hydrogen (secondary N) is 1. The Bertz CT molecular complexity index is 366. The molecule has 5 heteroatoms. The molecule has 0 aliphatic rings. The van der Waals surface area contributed by atoms with Crippen molar-refractivity contribution in [3.63, 3.8) is 0 Å². The molecule has 0 unspecified atom stereocenters. The number of H-pyrrole nitrogens is 1. The highest BCUT2D eigenvalue weighted by molar-refractivity contribution is 7.99. The first-order valence-corrected chi connectivity index (χ1v) is 4.28. The molecule has 0 saturated carbocycles. The molecule has 0 atom stereocenters. The van der Waals surface area contributed by atoms with Gasteiger partial charge in [0.15, 0.2) is 5.16 Å². The molecule has 0 aliphatic heterocycles. The van der Waals surface area contributed by atoms with E-state index in [0.717, 1.165) is 0 Å². The number of aromatic nitrogens is 2. The molecule has 4 nitrogen and oxygen atoms in total. The van der Waals surface area contributed by atoms with Gasteiger partial charge in [-0.2, -0.15) is 5.26 Å². The van der Waals surface area contributed by atoms with Crippen molar-refractivity contribution in [2.75, 3.05) is 5.75 Å². The third-order valence-electron chi connectivity index (χ3n) is 1.12. The van der Waals surface area contributed by atoms with E-state index in [4.69, 9.17) is 5.26 Å². The van der Waals surface area contributed by atoms with Crippen molar-refractivity contribution in [2.45, 2.75) is 12.1 Å². The largest absolute Gasteiger partial charge is 0.301 e. The summed E-state index contributed by atoms with van der Waals surface area (Å²) in [7, 11) is 0. The molecule has 1 rings (SSSR count). The Morgan fingerprint density at radius 2 is 2.58 bits per heavy atom. The minimum absolute atomic E-state index is 0.178. The van der Waals surface area contributed by atoms with Gasteiger partial charge in [-0.15, -0.1) is 0 Å². The molecule has 0 spiro atoms.